The highest BCUT2D eigenvalue weighted by Gasteiger charge is 2.10. The molecule has 0 amide bonds. The molecular weight excluding hydrogens is 220 g/mol. The molecule has 0 aromatic heterocycles. The topological polar surface area (TPSA) is 52.6 Å². The number of hydrogen-bond donors (Lipinski definition) is 0. The second-order valence-corrected chi connectivity index (χ2v) is 3.56. The third kappa shape index (κ3) is 6.56. The van der Waals surface area contributed by atoms with Crippen LogP contribution in [0.15, 0.2) is 23.8 Å². The molecule has 96 valence electrons. The quantitative estimate of drug-likeness (QED) is 0.297. The summed E-state index contributed by atoms with van der Waals surface area (Å²) in [7, 11) is 0. The van der Waals surface area contributed by atoms with Gasteiger partial charge < -0.3 is 9.47 Å². The normalized spacial score (nSPS) is 10.9. The number of rotatable bonds is 7. The number of carbonyl (C=O) groups excluding carboxylic acids is 2. The van der Waals surface area contributed by atoms with E-state index >= 15 is 0 Å². The highest BCUT2D eigenvalue weighted by molar-refractivity contribution is 5.95. The second-order valence-electron chi connectivity index (χ2n) is 3.56. The first-order valence-corrected chi connectivity index (χ1v) is 5.74. The van der Waals surface area contributed by atoms with E-state index in [0.29, 0.717) is 18.8 Å². The first kappa shape index (κ1) is 15.4. The van der Waals surface area contributed by atoms with Crippen LogP contribution in [0.25, 0.3) is 0 Å². The molecule has 0 aromatic carbocycles. The van der Waals surface area contributed by atoms with Crippen molar-refractivity contribution in [2.24, 2.45) is 0 Å². The molecule has 0 spiro atoms. The van der Waals surface area contributed by atoms with Gasteiger partial charge >= 0.3 is 11.9 Å². The van der Waals surface area contributed by atoms with Gasteiger partial charge in [0.15, 0.2) is 0 Å². The van der Waals surface area contributed by atoms with E-state index in [-0.39, 0.29) is 5.57 Å². The summed E-state index contributed by atoms with van der Waals surface area (Å²) >= 11 is 0. The monoisotopic (exact) mass is 240 g/mol. The molecular formula is C13H20O4. The minimum atomic E-state index is -0.498. The summed E-state index contributed by atoms with van der Waals surface area (Å²) in [4.78, 5) is 22.7. The summed E-state index contributed by atoms with van der Waals surface area (Å²) in [5.41, 5.74) is 0.496. The number of carbonyl (C=O) groups is 2. The minimum Gasteiger partial charge on any atom is -0.463 e. The standard InChI is InChI=1S/C13H20O4/c1-5-7-8-17-13(15)11(4)9-10(3)12(14)16-6-2/h9H,4-8H2,1-3H3. The lowest BCUT2D eigenvalue weighted by Gasteiger charge is -2.05. The zero-order valence-electron chi connectivity index (χ0n) is 10.7. The summed E-state index contributed by atoms with van der Waals surface area (Å²) in [6.45, 7) is 9.54. The summed E-state index contributed by atoms with van der Waals surface area (Å²) < 4.78 is 9.73. The van der Waals surface area contributed by atoms with Crippen LogP contribution in [0, 0.1) is 0 Å². The molecule has 17 heavy (non-hydrogen) atoms. The van der Waals surface area contributed by atoms with E-state index in [1.807, 2.05) is 6.92 Å². The van der Waals surface area contributed by atoms with Crippen molar-refractivity contribution in [3.05, 3.63) is 23.8 Å². The lowest BCUT2D eigenvalue weighted by molar-refractivity contribution is -0.138. The second kappa shape index (κ2) is 8.56. The van der Waals surface area contributed by atoms with E-state index in [2.05, 4.69) is 6.58 Å². The first-order valence-electron chi connectivity index (χ1n) is 5.74. The maximum Gasteiger partial charge on any atom is 0.337 e. The highest BCUT2D eigenvalue weighted by atomic mass is 16.5. The third-order valence-electron chi connectivity index (χ3n) is 1.98. The SMILES string of the molecule is C=C(C=C(C)C(=O)OCC)C(=O)OCCCC. The summed E-state index contributed by atoms with van der Waals surface area (Å²) in [5.74, 6) is -0.947. The predicted molar refractivity (Wildman–Crippen MR) is 65.4 cm³/mol. The highest BCUT2D eigenvalue weighted by Crippen LogP contribution is 2.05. The Morgan fingerprint density at radius 1 is 1.18 bits per heavy atom. The van der Waals surface area contributed by atoms with Crippen molar-refractivity contribution in [2.75, 3.05) is 13.2 Å². The van der Waals surface area contributed by atoms with Gasteiger partial charge in [-0.2, -0.15) is 0 Å². The van der Waals surface area contributed by atoms with Crippen LogP contribution in [0.1, 0.15) is 33.6 Å². The molecule has 0 aliphatic rings. The predicted octanol–water partition coefficient (Wildman–Crippen LogP) is 2.40. The third-order valence-corrected chi connectivity index (χ3v) is 1.98. The summed E-state index contributed by atoms with van der Waals surface area (Å²) in [6, 6.07) is 0. The summed E-state index contributed by atoms with van der Waals surface area (Å²) in [6.07, 6.45) is 3.16. The Kier molecular flexibility index (Phi) is 7.76. The molecule has 4 heteroatoms. The van der Waals surface area contributed by atoms with Gasteiger partial charge in [0.05, 0.1) is 18.8 Å². The van der Waals surface area contributed by atoms with Crippen LogP contribution in [0.3, 0.4) is 0 Å². The molecule has 0 aliphatic heterocycles. The molecule has 0 rings (SSSR count). The fraction of sp³-hybridized carbons (Fsp3) is 0.538. The van der Waals surface area contributed by atoms with Crippen molar-refractivity contribution < 1.29 is 19.1 Å². The van der Waals surface area contributed by atoms with Gasteiger partial charge in [0.2, 0.25) is 0 Å². The van der Waals surface area contributed by atoms with Gasteiger partial charge in [-0.3, -0.25) is 0 Å². The van der Waals surface area contributed by atoms with Crippen molar-refractivity contribution in [1.82, 2.24) is 0 Å². The molecule has 0 N–H and O–H groups in total. The Labute approximate surface area is 102 Å². The Balaban J connectivity index is 4.26. The molecule has 0 heterocycles. The molecule has 0 unspecified atom stereocenters. The molecule has 0 bridgehead atoms. The van der Waals surface area contributed by atoms with Crippen LogP contribution >= 0.6 is 0 Å². The van der Waals surface area contributed by atoms with E-state index in [1.165, 1.54) is 6.08 Å². The van der Waals surface area contributed by atoms with Crippen LogP contribution in [-0.4, -0.2) is 25.2 Å². The van der Waals surface area contributed by atoms with Gasteiger partial charge in [-0.25, -0.2) is 9.59 Å². The fourth-order valence-electron chi connectivity index (χ4n) is 1.03. The van der Waals surface area contributed by atoms with E-state index in [1.54, 1.807) is 13.8 Å². The van der Waals surface area contributed by atoms with E-state index in [9.17, 15) is 9.59 Å². The van der Waals surface area contributed by atoms with Gasteiger partial charge in [0, 0.05) is 5.57 Å². The molecule has 0 saturated heterocycles. The number of hydrogen-bond acceptors (Lipinski definition) is 4. The van der Waals surface area contributed by atoms with Crippen LogP contribution in [-0.2, 0) is 19.1 Å². The molecule has 4 nitrogen and oxygen atoms in total. The van der Waals surface area contributed by atoms with Crippen LogP contribution in [0.4, 0.5) is 0 Å². The van der Waals surface area contributed by atoms with Crippen LogP contribution in [0.5, 0.6) is 0 Å². The summed E-state index contributed by atoms with van der Waals surface area (Å²) in [5, 5.41) is 0. The van der Waals surface area contributed by atoms with Crippen molar-refractivity contribution in [1.29, 1.82) is 0 Å². The number of esters is 2. The lowest BCUT2D eigenvalue weighted by Crippen LogP contribution is -2.10. The fourth-order valence-corrected chi connectivity index (χ4v) is 1.03. The molecule has 0 aromatic rings. The van der Waals surface area contributed by atoms with Gasteiger partial charge in [0.25, 0.3) is 0 Å². The maximum absolute atomic E-state index is 11.4. The number of unbranched alkanes of at least 4 members (excludes halogenated alkanes) is 1. The zero-order chi connectivity index (χ0) is 13.3. The van der Waals surface area contributed by atoms with E-state index in [0.717, 1.165) is 12.8 Å². The van der Waals surface area contributed by atoms with Crippen molar-refractivity contribution in [3.63, 3.8) is 0 Å². The van der Waals surface area contributed by atoms with E-state index < -0.39 is 11.9 Å². The Bertz CT molecular complexity index is 315. The Morgan fingerprint density at radius 2 is 1.82 bits per heavy atom. The first-order chi connectivity index (χ1) is 8.02. The van der Waals surface area contributed by atoms with Crippen LogP contribution in [0.2, 0.25) is 0 Å². The molecule has 0 aliphatic carbocycles. The smallest absolute Gasteiger partial charge is 0.337 e. The zero-order valence-corrected chi connectivity index (χ0v) is 10.7. The van der Waals surface area contributed by atoms with Crippen molar-refractivity contribution in [2.45, 2.75) is 33.6 Å². The van der Waals surface area contributed by atoms with Gasteiger partial charge in [-0.15, -0.1) is 0 Å². The minimum absolute atomic E-state index is 0.159. The van der Waals surface area contributed by atoms with Crippen molar-refractivity contribution in [3.8, 4) is 0 Å². The number of ether oxygens (including phenoxy) is 2. The average molecular weight is 240 g/mol. The van der Waals surface area contributed by atoms with Gasteiger partial charge in [0.1, 0.15) is 0 Å². The van der Waals surface area contributed by atoms with Crippen molar-refractivity contribution >= 4 is 11.9 Å². The van der Waals surface area contributed by atoms with E-state index in [4.69, 9.17) is 9.47 Å². The Hall–Kier alpha value is -1.58. The molecule has 0 fully saturated rings. The van der Waals surface area contributed by atoms with Gasteiger partial charge in [-0.05, 0) is 26.3 Å². The van der Waals surface area contributed by atoms with Gasteiger partial charge in [-0.1, -0.05) is 19.9 Å². The van der Waals surface area contributed by atoms with Crippen LogP contribution < -0.4 is 0 Å². The molecule has 0 saturated carbocycles. The lowest BCUT2D eigenvalue weighted by atomic mass is 10.2. The average Bonchev–Trinajstić information content (AvgIpc) is 2.29. The maximum atomic E-state index is 11.4. The largest absolute Gasteiger partial charge is 0.463 e. The molecule has 0 radical (unpaired) electrons. The molecule has 0 atom stereocenters. The Morgan fingerprint density at radius 3 is 2.35 bits per heavy atom.